The van der Waals surface area contributed by atoms with E-state index in [1.54, 1.807) is 0 Å². The third kappa shape index (κ3) is 5.24. The zero-order valence-corrected chi connectivity index (χ0v) is 12.9. The number of halogens is 1. The van der Waals surface area contributed by atoms with E-state index in [1.165, 1.54) is 0 Å². The van der Waals surface area contributed by atoms with E-state index in [2.05, 4.69) is 20.7 Å². The summed E-state index contributed by atoms with van der Waals surface area (Å²) in [7, 11) is -3.25. The second kappa shape index (κ2) is 6.50. The first-order chi connectivity index (χ1) is 7.91. The van der Waals surface area contributed by atoms with Crippen molar-refractivity contribution in [2.24, 2.45) is 0 Å². The van der Waals surface area contributed by atoms with Crippen molar-refractivity contribution in [2.75, 3.05) is 17.7 Å². The zero-order chi connectivity index (χ0) is 12.9. The van der Waals surface area contributed by atoms with Crippen LogP contribution in [0.1, 0.15) is 39.5 Å². The third-order valence-corrected chi connectivity index (χ3v) is 5.27. The number of hydrogen-bond donors (Lipinski definition) is 1. The molecule has 0 bridgehead atoms. The Bertz CT molecular complexity index is 328. The van der Waals surface area contributed by atoms with Gasteiger partial charge in [0.2, 0.25) is 10.0 Å². The van der Waals surface area contributed by atoms with Gasteiger partial charge < -0.3 is 4.74 Å². The lowest BCUT2D eigenvalue weighted by Gasteiger charge is -2.29. The smallest absolute Gasteiger partial charge is 0.214 e. The number of ether oxygens (including phenoxy) is 1. The van der Waals surface area contributed by atoms with Crippen molar-refractivity contribution in [1.82, 2.24) is 4.72 Å². The highest BCUT2D eigenvalue weighted by Gasteiger charge is 2.30. The first kappa shape index (κ1) is 15.4. The van der Waals surface area contributed by atoms with Crippen LogP contribution >= 0.6 is 15.9 Å². The first-order valence-corrected chi connectivity index (χ1v) is 8.87. The first-order valence-electron chi connectivity index (χ1n) is 6.10. The van der Waals surface area contributed by atoms with E-state index in [0.29, 0.717) is 6.61 Å². The maximum atomic E-state index is 12.0. The fourth-order valence-corrected chi connectivity index (χ4v) is 4.65. The number of sulfonamides is 1. The molecule has 1 aliphatic rings. The molecule has 2 atom stereocenters. The van der Waals surface area contributed by atoms with Crippen LogP contribution in [-0.2, 0) is 14.8 Å². The molecule has 6 heteroatoms. The molecule has 0 aromatic rings. The van der Waals surface area contributed by atoms with E-state index in [0.717, 1.165) is 31.0 Å². The van der Waals surface area contributed by atoms with Crippen molar-refractivity contribution in [1.29, 1.82) is 0 Å². The Morgan fingerprint density at radius 2 is 2.24 bits per heavy atom. The van der Waals surface area contributed by atoms with Gasteiger partial charge in [0.05, 0.1) is 11.9 Å². The standard InChI is InChI=1S/C11H22BrNO3S/c1-3-11(2,6-7-12)13-17(14,15)9-10-5-4-8-16-10/h10,13H,3-9H2,1-2H3. The number of hydrogen-bond acceptors (Lipinski definition) is 3. The summed E-state index contributed by atoms with van der Waals surface area (Å²) in [5, 5.41) is 0.791. The monoisotopic (exact) mass is 327 g/mol. The average molecular weight is 328 g/mol. The largest absolute Gasteiger partial charge is 0.377 e. The molecule has 1 heterocycles. The second-order valence-electron chi connectivity index (χ2n) is 4.87. The second-order valence-corrected chi connectivity index (χ2v) is 7.43. The molecule has 4 nitrogen and oxygen atoms in total. The van der Waals surface area contributed by atoms with E-state index >= 15 is 0 Å². The molecular formula is C11H22BrNO3S. The van der Waals surface area contributed by atoms with Crippen molar-refractivity contribution in [3.05, 3.63) is 0 Å². The van der Waals surface area contributed by atoms with E-state index in [-0.39, 0.29) is 17.4 Å². The fourth-order valence-electron chi connectivity index (χ4n) is 1.95. The van der Waals surface area contributed by atoms with Gasteiger partial charge in [0.25, 0.3) is 0 Å². The minimum Gasteiger partial charge on any atom is -0.377 e. The number of nitrogens with one attached hydrogen (secondary N) is 1. The predicted octanol–water partition coefficient (Wildman–Crippen LogP) is 2.04. The van der Waals surface area contributed by atoms with Crippen molar-refractivity contribution >= 4 is 26.0 Å². The van der Waals surface area contributed by atoms with Crippen LogP contribution in [0.25, 0.3) is 0 Å². The van der Waals surface area contributed by atoms with Gasteiger partial charge in [0, 0.05) is 17.5 Å². The Hall–Kier alpha value is 0.350. The topological polar surface area (TPSA) is 55.4 Å². The summed E-state index contributed by atoms with van der Waals surface area (Å²) in [5.41, 5.74) is -0.360. The summed E-state index contributed by atoms with van der Waals surface area (Å²) >= 11 is 3.36. The minimum absolute atomic E-state index is 0.0882. The Kier molecular flexibility index (Phi) is 5.89. The summed E-state index contributed by atoms with van der Waals surface area (Å²) in [5.74, 6) is 0.0882. The Morgan fingerprint density at radius 3 is 2.71 bits per heavy atom. The van der Waals surface area contributed by atoms with Crippen LogP contribution in [-0.4, -0.2) is 37.8 Å². The summed E-state index contributed by atoms with van der Waals surface area (Å²) in [4.78, 5) is 0. The maximum Gasteiger partial charge on any atom is 0.214 e. The Labute approximate surface area is 113 Å². The van der Waals surface area contributed by atoms with Crippen LogP contribution in [0.4, 0.5) is 0 Å². The van der Waals surface area contributed by atoms with E-state index < -0.39 is 10.0 Å². The molecular weight excluding hydrogens is 306 g/mol. The quantitative estimate of drug-likeness (QED) is 0.728. The SMILES string of the molecule is CCC(C)(CCBr)NS(=O)(=O)CC1CCCO1. The van der Waals surface area contributed by atoms with Gasteiger partial charge >= 0.3 is 0 Å². The molecule has 2 unspecified atom stereocenters. The van der Waals surface area contributed by atoms with Gasteiger partial charge in [-0.05, 0) is 32.6 Å². The van der Waals surface area contributed by atoms with Gasteiger partial charge in [-0.2, -0.15) is 0 Å². The van der Waals surface area contributed by atoms with Crippen LogP contribution in [0.5, 0.6) is 0 Å². The lowest BCUT2D eigenvalue weighted by molar-refractivity contribution is 0.127. The molecule has 1 saturated heterocycles. The van der Waals surface area contributed by atoms with E-state index in [9.17, 15) is 8.42 Å². The molecule has 0 amide bonds. The lowest BCUT2D eigenvalue weighted by atomic mass is 9.98. The van der Waals surface area contributed by atoms with Gasteiger partial charge in [0.1, 0.15) is 0 Å². The van der Waals surface area contributed by atoms with Crippen molar-refractivity contribution < 1.29 is 13.2 Å². The van der Waals surface area contributed by atoms with Gasteiger partial charge in [-0.1, -0.05) is 22.9 Å². The predicted molar refractivity (Wildman–Crippen MR) is 73.0 cm³/mol. The van der Waals surface area contributed by atoms with Crippen LogP contribution in [0.3, 0.4) is 0 Å². The van der Waals surface area contributed by atoms with Gasteiger partial charge in [0.15, 0.2) is 0 Å². The van der Waals surface area contributed by atoms with E-state index in [4.69, 9.17) is 4.74 Å². The highest BCUT2D eigenvalue weighted by atomic mass is 79.9. The summed E-state index contributed by atoms with van der Waals surface area (Å²) in [6, 6.07) is 0. The molecule has 1 rings (SSSR count). The van der Waals surface area contributed by atoms with Crippen molar-refractivity contribution in [3.63, 3.8) is 0 Å². The number of rotatable bonds is 7. The lowest BCUT2D eigenvalue weighted by Crippen LogP contribution is -2.47. The number of alkyl halides is 1. The summed E-state index contributed by atoms with van der Waals surface area (Å²) in [6.07, 6.45) is 3.25. The van der Waals surface area contributed by atoms with Crippen LogP contribution in [0.15, 0.2) is 0 Å². The van der Waals surface area contributed by atoms with Gasteiger partial charge in [-0.25, -0.2) is 13.1 Å². The van der Waals surface area contributed by atoms with Gasteiger partial charge in [-0.3, -0.25) is 0 Å². The molecule has 0 saturated carbocycles. The van der Waals surface area contributed by atoms with Crippen LogP contribution < -0.4 is 4.72 Å². The third-order valence-electron chi connectivity index (χ3n) is 3.26. The zero-order valence-electron chi connectivity index (χ0n) is 10.5. The highest BCUT2D eigenvalue weighted by molar-refractivity contribution is 9.09. The summed E-state index contributed by atoms with van der Waals surface area (Å²) in [6.45, 7) is 4.63. The molecule has 0 aromatic heterocycles. The van der Waals surface area contributed by atoms with Crippen LogP contribution in [0, 0.1) is 0 Å². The average Bonchev–Trinajstić information content (AvgIpc) is 2.69. The minimum atomic E-state index is -3.25. The summed E-state index contributed by atoms with van der Waals surface area (Å²) < 4.78 is 32.2. The highest BCUT2D eigenvalue weighted by Crippen LogP contribution is 2.19. The van der Waals surface area contributed by atoms with Crippen molar-refractivity contribution in [2.45, 2.75) is 51.2 Å². The molecule has 0 spiro atoms. The molecule has 0 aliphatic carbocycles. The maximum absolute atomic E-state index is 12.0. The fraction of sp³-hybridized carbons (Fsp3) is 1.00. The molecule has 17 heavy (non-hydrogen) atoms. The normalized spacial score (nSPS) is 24.8. The molecule has 0 aromatic carbocycles. The Balaban J connectivity index is 2.57. The van der Waals surface area contributed by atoms with E-state index in [1.807, 2.05) is 13.8 Å². The molecule has 1 fully saturated rings. The molecule has 0 radical (unpaired) electrons. The van der Waals surface area contributed by atoms with Gasteiger partial charge in [-0.15, -0.1) is 0 Å². The van der Waals surface area contributed by atoms with Crippen LogP contribution in [0.2, 0.25) is 0 Å². The molecule has 1 aliphatic heterocycles. The van der Waals surface area contributed by atoms with Crippen molar-refractivity contribution in [3.8, 4) is 0 Å². The Morgan fingerprint density at radius 1 is 1.53 bits per heavy atom. The molecule has 1 N–H and O–H groups in total. The molecule has 102 valence electrons.